The minimum Gasteiger partial charge on any atom is -0.457 e. The normalized spacial score (nSPS) is 15.7. The van der Waals surface area contributed by atoms with Gasteiger partial charge >= 0.3 is 0 Å². The van der Waals surface area contributed by atoms with Crippen LogP contribution in [-0.2, 0) is 0 Å². The molecule has 1 aromatic carbocycles. The van der Waals surface area contributed by atoms with Gasteiger partial charge in [0.25, 0.3) is 5.91 Å². The van der Waals surface area contributed by atoms with Crippen molar-refractivity contribution in [3.05, 3.63) is 42.2 Å². The average Bonchev–Trinajstić information content (AvgIpc) is 3.19. The van der Waals surface area contributed by atoms with Gasteiger partial charge in [-0.25, -0.2) is 4.98 Å². The molecule has 8 heteroatoms. The van der Waals surface area contributed by atoms with Gasteiger partial charge in [-0.1, -0.05) is 30.6 Å². The second-order valence-corrected chi connectivity index (χ2v) is 8.57. The van der Waals surface area contributed by atoms with Gasteiger partial charge in [0.15, 0.2) is 5.13 Å². The third-order valence-corrected chi connectivity index (χ3v) is 6.46. The standard InChI is InChI=1S/C22H26N4O3S/c1-23-21(28)18-11-16(9-10-24-18)29-15-7-8-17-20(12-15)30-22(25-17)26-19(13-27)14-5-3-2-4-6-14/h7-12,14,19,27H,2-6,13H2,1H3,(H,23,28)(H,25,26)/t19-/m1/s1. The monoisotopic (exact) mass is 426 g/mol. The Morgan fingerprint density at radius 3 is 2.80 bits per heavy atom. The molecule has 1 aliphatic carbocycles. The number of hydrogen-bond acceptors (Lipinski definition) is 7. The third-order valence-electron chi connectivity index (χ3n) is 5.51. The summed E-state index contributed by atoms with van der Waals surface area (Å²) in [6, 6.07) is 9.08. The highest BCUT2D eigenvalue weighted by Crippen LogP contribution is 2.33. The third kappa shape index (κ3) is 4.71. The summed E-state index contributed by atoms with van der Waals surface area (Å²) < 4.78 is 6.92. The van der Waals surface area contributed by atoms with Crippen molar-refractivity contribution in [2.75, 3.05) is 19.0 Å². The fraction of sp³-hybridized carbons (Fsp3) is 0.409. The Bertz CT molecular complexity index is 1020. The van der Waals surface area contributed by atoms with E-state index >= 15 is 0 Å². The van der Waals surface area contributed by atoms with Crippen LogP contribution in [0.4, 0.5) is 5.13 Å². The van der Waals surface area contributed by atoms with Gasteiger partial charge < -0.3 is 20.5 Å². The maximum Gasteiger partial charge on any atom is 0.269 e. The van der Waals surface area contributed by atoms with E-state index in [1.807, 2.05) is 18.2 Å². The molecule has 0 bridgehead atoms. The molecule has 4 rings (SSSR count). The van der Waals surface area contributed by atoms with Crippen molar-refractivity contribution in [2.24, 2.45) is 5.92 Å². The van der Waals surface area contributed by atoms with Crippen LogP contribution < -0.4 is 15.4 Å². The molecule has 0 saturated heterocycles. The summed E-state index contributed by atoms with van der Waals surface area (Å²) in [6.07, 6.45) is 7.63. The first-order valence-electron chi connectivity index (χ1n) is 10.3. The molecule has 158 valence electrons. The van der Waals surface area contributed by atoms with E-state index in [2.05, 4.69) is 20.6 Å². The van der Waals surface area contributed by atoms with E-state index < -0.39 is 0 Å². The number of aliphatic hydroxyl groups excluding tert-OH is 1. The number of benzene rings is 1. The smallest absolute Gasteiger partial charge is 0.269 e. The number of hydrogen-bond donors (Lipinski definition) is 3. The number of rotatable bonds is 7. The Labute approximate surface area is 179 Å². The number of aliphatic hydroxyl groups is 1. The van der Waals surface area contributed by atoms with E-state index in [4.69, 9.17) is 4.74 Å². The van der Waals surface area contributed by atoms with E-state index in [1.54, 1.807) is 36.7 Å². The van der Waals surface area contributed by atoms with Gasteiger partial charge in [-0.15, -0.1) is 0 Å². The number of anilines is 1. The summed E-state index contributed by atoms with van der Waals surface area (Å²) in [5, 5.41) is 16.7. The van der Waals surface area contributed by atoms with Gasteiger partial charge in [0.1, 0.15) is 17.2 Å². The summed E-state index contributed by atoms with van der Waals surface area (Å²) in [7, 11) is 1.57. The van der Waals surface area contributed by atoms with Gasteiger partial charge in [-0.2, -0.15) is 0 Å². The van der Waals surface area contributed by atoms with Crippen molar-refractivity contribution in [3.8, 4) is 11.5 Å². The molecule has 1 amide bonds. The van der Waals surface area contributed by atoms with Crippen molar-refractivity contribution in [2.45, 2.75) is 38.1 Å². The van der Waals surface area contributed by atoms with Crippen LogP contribution in [0.2, 0.25) is 0 Å². The fourth-order valence-corrected chi connectivity index (χ4v) is 4.86. The molecule has 0 unspecified atom stereocenters. The van der Waals surface area contributed by atoms with E-state index in [0.717, 1.165) is 28.2 Å². The highest BCUT2D eigenvalue weighted by Gasteiger charge is 2.24. The highest BCUT2D eigenvalue weighted by atomic mass is 32.1. The van der Waals surface area contributed by atoms with E-state index in [1.165, 1.54) is 19.3 Å². The number of pyridine rings is 1. The summed E-state index contributed by atoms with van der Waals surface area (Å²) >= 11 is 1.55. The second-order valence-electron chi connectivity index (χ2n) is 7.54. The van der Waals surface area contributed by atoms with E-state index in [-0.39, 0.29) is 18.6 Å². The van der Waals surface area contributed by atoms with Gasteiger partial charge in [0.2, 0.25) is 0 Å². The predicted molar refractivity (Wildman–Crippen MR) is 118 cm³/mol. The zero-order valence-corrected chi connectivity index (χ0v) is 17.7. The zero-order chi connectivity index (χ0) is 20.9. The first kappa shape index (κ1) is 20.6. The first-order chi connectivity index (χ1) is 14.7. The predicted octanol–water partition coefficient (Wildman–Crippen LogP) is 4.20. The van der Waals surface area contributed by atoms with Crippen LogP contribution in [0.25, 0.3) is 10.2 Å². The van der Waals surface area contributed by atoms with E-state index in [0.29, 0.717) is 23.1 Å². The number of fused-ring (bicyclic) bond motifs is 1. The van der Waals surface area contributed by atoms with Gasteiger partial charge in [-0.05, 0) is 37.0 Å². The van der Waals surface area contributed by atoms with Gasteiger partial charge in [0.05, 0.1) is 22.9 Å². The van der Waals surface area contributed by atoms with Crippen molar-refractivity contribution >= 4 is 32.6 Å². The number of amides is 1. The number of ether oxygens (including phenoxy) is 1. The number of carbonyl (C=O) groups excluding carboxylic acids is 1. The Morgan fingerprint density at radius 2 is 2.03 bits per heavy atom. The number of nitrogens with one attached hydrogen (secondary N) is 2. The van der Waals surface area contributed by atoms with Crippen LogP contribution in [0.5, 0.6) is 11.5 Å². The number of carbonyl (C=O) groups is 1. The lowest BCUT2D eigenvalue weighted by Crippen LogP contribution is -2.33. The zero-order valence-electron chi connectivity index (χ0n) is 16.9. The molecular weight excluding hydrogens is 400 g/mol. The maximum absolute atomic E-state index is 11.8. The molecule has 2 aromatic heterocycles. The van der Waals surface area contributed by atoms with Crippen LogP contribution >= 0.6 is 11.3 Å². The number of aromatic nitrogens is 2. The molecular formula is C22H26N4O3S. The van der Waals surface area contributed by atoms with Crippen LogP contribution in [-0.4, -0.2) is 40.7 Å². The lowest BCUT2D eigenvalue weighted by atomic mass is 9.84. The molecule has 1 saturated carbocycles. The molecule has 0 aliphatic heterocycles. The molecule has 30 heavy (non-hydrogen) atoms. The topological polar surface area (TPSA) is 96.4 Å². The minimum absolute atomic E-state index is 0.0431. The minimum atomic E-state index is -0.259. The maximum atomic E-state index is 11.8. The molecule has 1 atom stereocenters. The summed E-state index contributed by atoms with van der Waals surface area (Å²) in [6.45, 7) is 0.116. The van der Waals surface area contributed by atoms with Crippen LogP contribution in [0.3, 0.4) is 0 Å². The van der Waals surface area contributed by atoms with Crippen molar-refractivity contribution < 1.29 is 14.6 Å². The van der Waals surface area contributed by atoms with Crippen molar-refractivity contribution in [1.29, 1.82) is 0 Å². The lowest BCUT2D eigenvalue weighted by Gasteiger charge is -2.29. The Balaban J connectivity index is 1.49. The molecule has 2 heterocycles. The van der Waals surface area contributed by atoms with Gasteiger partial charge in [0, 0.05) is 25.4 Å². The van der Waals surface area contributed by atoms with Crippen molar-refractivity contribution in [3.63, 3.8) is 0 Å². The van der Waals surface area contributed by atoms with Crippen LogP contribution in [0.1, 0.15) is 42.6 Å². The van der Waals surface area contributed by atoms with Gasteiger partial charge in [-0.3, -0.25) is 9.78 Å². The lowest BCUT2D eigenvalue weighted by molar-refractivity contribution is 0.0958. The molecule has 1 aliphatic rings. The Morgan fingerprint density at radius 1 is 1.23 bits per heavy atom. The molecule has 0 spiro atoms. The molecule has 3 N–H and O–H groups in total. The molecule has 3 aromatic rings. The quantitative estimate of drug-likeness (QED) is 0.524. The number of nitrogens with zero attached hydrogens (tertiary/aromatic N) is 2. The molecule has 0 radical (unpaired) electrons. The summed E-state index contributed by atoms with van der Waals surface area (Å²) in [5.41, 5.74) is 1.19. The fourth-order valence-electron chi connectivity index (χ4n) is 3.90. The Kier molecular flexibility index (Phi) is 6.44. The van der Waals surface area contributed by atoms with Crippen molar-refractivity contribution in [1.82, 2.24) is 15.3 Å². The first-order valence-corrected chi connectivity index (χ1v) is 11.1. The SMILES string of the molecule is CNC(=O)c1cc(Oc2ccc3nc(N[C@H](CO)C4CCCCC4)sc3c2)ccn1. The Hall–Kier alpha value is -2.71. The average molecular weight is 427 g/mol. The molecule has 7 nitrogen and oxygen atoms in total. The highest BCUT2D eigenvalue weighted by molar-refractivity contribution is 7.22. The largest absolute Gasteiger partial charge is 0.457 e. The summed E-state index contributed by atoms with van der Waals surface area (Å²) in [4.78, 5) is 20.5. The van der Waals surface area contributed by atoms with Crippen LogP contribution in [0, 0.1) is 5.92 Å². The second kappa shape index (κ2) is 9.40. The van der Waals surface area contributed by atoms with E-state index in [9.17, 15) is 9.90 Å². The molecule has 1 fully saturated rings. The summed E-state index contributed by atoms with van der Waals surface area (Å²) in [5.74, 6) is 1.45. The van der Waals surface area contributed by atoms with Crippen LogP contribution in [0.15, 0.2) is 36.5 Å². The number of thiazole rings is 1.